The molecule has 16 rings (SSSR count). The molecular formula is C79H58N2. The van der Waals surface area contributed by atoms with E-state index in [0.717, 1.165) is 32.1 Å². The van der Waals surface area contributed by atoms with Gasteiger partial charge in [0.1, 0.15) is 0 Å². The van der Waals surface area contributed by atoms with Crippen LogP contribution in [0.5, 0.6) is 0 Å². The van der Waals surface area contributed by atoms with E-state index < -0.39 is 0 Å². The molecule has 81 heavy (non-hydrogen) atoms. The largest absolute Gasteiger partial charge is 0.309 e. The minimum Gasteiger partial charge on any atom is -0.309 e. The maximum Gasteiger partial charge on any atom is 0.0541 e. The van der Waals surface area contributed by atoms with Crippen molar-refractivity contribution in [1.29, 1.82) is 0 Å². The van der Waals surface area contributed by atoms with Crippen molar-refractivity contribution in [1.82, 2.24) is 9.13 Å². The summed E-state index contributed by atoms with van der Waals surface area (Å²) < 4.78 is 4.83. The van der Waals surface area contributed by atoms with Crippen LogP contribution in [-0.4, -0.2) is 9.13 Å². The van der Waals surface area contributed by atoms with Gasteiger partial charge in [0, 0.05) is 38.8 Å². The number of rotatable bonds is 11. The fourth-order valence-electron chi connectivity index (χ4n) is 14.1. The molecule has 0 radical (unpaired) electrons. The second-order valence-electron chi connectivity index (χ2n) is 22.6. The third kappa shape index (κ3) is 8.16. The van der Waals surface area contributed by atoms with Crippen molar-refractivity contribution in [2.24, 2.45) is 0 Å². The van der Waals surface area contributed by atoms with Crippen LogP contribution in [0.25, 0.3) is 111 Å². The predicted molar refractivity (Wildman–Crippen MR) is 340 cm³/mol. The lowest BCUT2D eigenvalue weighted by Gasteiger charge is -2.28. The number of hydrogen-bond donors (Lipinski definition) is 0. The normalized spacial score (nSPS) is 14.3. The summed E-state index contributed by atoms with van der Waals surface area (Å²) in [6.45, 7) is 0. The van der Waals surface area contributed by atoms with Crippen molar-refractivity contribution < 1.29 is 0 Å². The van der Waals surface area contributed by atoms with Gasteiger partial charge in [-0.25, -0.2) is 0 Å². The topological polar surface area (TPSA) is 9.86 Å². The zero-order valence-electron chi connectivity index (χ0n) is 45.1. The first-order valence-electron chi connectivity index (χ1n) is 29.0. The van der Waals surface area contributed by atoms with Crippen LogP contribution in [-0.2, 0) is 19.3 Å². The van der Waals surface area contributed by atoms with Crippen molar-refractivity contribution in [3.8, 4) is 67.0 Å². The second-order valence-corrected chi connectivity index (χ2v) is 22.6. The lowest BCUT2D eigenvalue weighted by atomic mass is 9.75. The van der Waals surface area contributed by atoms with Crippen LogP contribution >= 0.6 is 0 Å². The molecule has 0 amide bonds. The van der Waals surface area contributed by atoms with Crippen LogP contribution in [0.15, 0.2) is 279 Å². The SMILES string of the molecule is c1ccc(CCC2c3ccccc3-c3cc(-c4ccc5c(c4)c4ccccc4n5-c4ccc(-c5ccc(CCC6Cc7ccccc7-c7cc(-c8ccc9c(c8)c8ccccc8n9-c8ccccc8)ccc76)cc5)cc4)ccc32)cc1. The van der Waals surface area contributed by atoms with Crippen LogP contribution in [0.3, 0.4) is 0 Å². The van der Waals surface area contributed by atoms with Gasteiger partial charge in [0.15, 0.2) is 0 Å². The van der Waals surface area contributed by atoms with Crippen molar-refractivity contribution in [2.45, 2.75) is 43.9 Å². The Hall–Kier alpha value is -9.76. The third-order valence-electron chi connectivity index (χ3n) is 18.1. The molecule has 2 unspecified atom stereocenters. The van der Waals surface area contributed by atoms with Gasteiger partial charge in [0.2, 0.25) is 0 Å². The van der Waals surface area contributed by atoms with Gasteiger partial charge in [-0.15, -0.1) is 0 Å². The van der Waals surface area contributed by atoms with E-state index >= 15 is 0 Å². The minimum absolute atomic E-state index is 0.402. The standard InChI is InChI=1S/C79H58N2/c1-3-15-52(16-4-1)30-42-68-66-21-9-10-22-67(66)73-49-57(37-44-69(68)73)59-39-46-79-75(51-59)71-24-12-14-26-77(71)81(79)63-40-34-55(35-41-63)54-31-27-53(28-32-54)29-33-61-47-60-17-7-8-20-64(60)72-48-56(36-43-65(61)72)58-38-45-78-74(50-58)70-23-11-13-25-76(70)80(78)62-18-5-2-6-19-62/h1-28,31-32,34-41,43-46,48-51,61,68H,29-30,33,42,47H2. The maximum absolute atomic E-state index is 2.46. The molecule has 12 aromatic carbocycles. The fraction of sp³-hybridized carbons (Fsp3) is 0.0886. The van der Waals surface area contributed by atoms with Crippen LogP contribution in [0.4, 0.5) is 0 Å². The fourth-order valence-corrected chi connectivity index (χ4v) is 14.1. The molecular weight excluding hydrogens is 977 g/mol. The van der Waals surface area contributed by atoms with E-state index in [-0.39, 0.29) is 0 Å². The number of nitrogens with zero attached hydrogens (tertiary/aromatic N) is 2. The Morgan fingerprint density at radius 1 is 0.284 bits per heavy atom. The lowest BCUT2D eigenvalue weighted by Crippen LogP contribution is -2.12. The Balaban J connectivity index is 0.642. The Morgan fingerprint density at radius 3 is 1.40 bits per heavy atom. The number of aromatic nitrogens is 2. The molecule has 2 nitrogen and oxygen atoms in total. The molecule has 2 aliphatic carbocycles. The second kappa shape index (κ2) is 19.6. The van der Waals surface area contributed by atoms with Gasteiger partial charge in [-0.2, -0.15) is 0 Å². The monoisotopic (exact) mass is 1030 g/mol. The Kier molecular flexibility index (Phi) is 11.4. The molecule has 2 heteroatoms. The number of para-hydroxylation sites is 3. The highest BCUT2D eigenvalue weighted by Gasteiger charge is 2.29. The summed E-state index contributed by atoms with van der Waals surface area (Å²) in [6, 6.07) is 105. The molecule has 0 saturated heterocycles. The quantitative estimate of drug-likeness (QED) is 0.122. The van der Waals surface area contributed by atoms with Gasteiger partial charge in [-0.3, -0.25) is 0 Å². The summed E-state index contributed by atoms with van der Waals surface area (Å²) in [7, 11) is 0. The molecule has 14 aromatic rings. The Labute approximate surface area is 473 Å². The Bertz CT molecular complexity index is 4710. The highest BCUT2D eigenvalue weighted by atomic mass is 15.0. The number of benzene rings is 12. The van der Waals surface area contributed by atoms with E-state index in [1.54, 1.807) is 0 Å². The van der Waals surface area contributed by atoms with E-state index in [0.29, 0.717) is 11.8 Å². The van der Waals surface area contributed by atoms with E-state index in [1.807, 2.05) is 0 Å². The third-order valence-corrected chi connectivity index (χ3v) is 18.1. The first-order chi connectivity index (χ1) is 40.1. The van der Waals surface area contributed by atoms with Gasteiger partial charge in [-0.05, 0) is 200 Å². The summed E-state index contributed by atoms with van der Waals surface area (Å²) in [5.41, 5.74) is 28.8. The zero-order valence-corrected chi connectivity index (χ0v) is 45.1. The van der Waals surface area contributed by atoms with Gasteiger partial charge in [-0.1, -0.05) is 206 Å². The molecule has 0 fully saturated rings. The van der Waals surface area contributed by atoms with E-state index in [1.165, 1.54) is 144 Å². The summed E-state index contributed by atoms with van der Waals surface area (Å²) in [5.74, 6) is 0.843. The molecule has 0 N–H and O–H groups in total. The first kappa shape index (κ1) is 47.3. The average molecular weight is 1040 g/mol. The van der Waals surface area contributed by atoms with E-state index in [9.17, 15) is 0 Å². The summed E-state index contributed by atoms with van der Waals surface area (Å²) in [4.78, 5) is 0. The predicted octanol–water partition coefficient (Wildman–Crippen LogP) is 20.6. The van der Waals surface area contributed by atoms with Gasteiger partial charge < -0.3 is 9.13 Å². The summed E-state index contributed by atoms with van der Waals surface area (Å²) in [6.07, 6.45) is 5.36. The highest BCUT2D eigenvalue weighted by Crippen LogP contribution is 2.49. The first-order valence-corrected chi connectivity index (χ1v) is 29.0. The molecule has 0 bridgehead atoms. The molecule has 2 aromatic heterocycles. The van der Waals surface area contributed by atoms with Crippen LogP contribution in [0.2, 0.25) is 0 Å². The molecule has 0 aliphatic heterocycles. The minimum atomic E-state index is 0.402. The molecule has 2 heterocycles. The molecule has 384 valence electrons. The summed E-state index contributed by atoms with van der Waals surface area (Å²) >= 11 is 0. The zero-order chi connectivity index (χ0) is 53.4. The van der Waals surface area contributed by atoms with Crippen molar-refractivity contribution in [3.05, 3.63) is 312 Å². The molecule has 0 saturated carbocycles. The number of aryl methyl sites for hydroxylation is 2. The molecule has 0 spiro atoms. The number of hydrogen-bond acceptors (Lipinski definition) is 0. The maximum atomic E-state index is 2.46. The van der Waals surface area contributed by atoms with Crippen molar-refractivity contribution in [2.75, 3.05) is 0 Å². The van der Waals surface area contributed by atoms with Crippen LogP contribution < -0.4 is 0 Å². The lowest BCUT2D eigenvalue weighted by molar-refractivity contribution is 0.616. The van der Waals surface area contributed by atoms with Gasteiger partial charge in [0.25, 0.3) is 0 Å². The van der Waals surface area contributed by atoms with Crippen molar-refractivity contribution in [3.63, 3.8) is 0 Å². The van der Waals surface area contributed by atoms with Crippen LogP contribution in [0, 0.1) is 0 Å². The Morgan fingerprint density at radius 2 is 0.728 bits per heavy atom. The smallest absolute Gasteiger partial charge is 0.0541 e. The van der Waals surface area contributed by atoms with Crippen LogP contribution in [0.1, 0.15) is 58.1 Å². The van der Waals surface area contributed by atoms with Crippen molar-refractivity contribution >= 4 is 43.6 Å². The average Bonchev–Trinajstić information content (AvgIpc) is 4.39. The number of fused-ring (bicyclic) bond motifs is 12. The van der Waals surface area contributed by atoms with E-state index in [4.69, 9.17) is 0 Å². The van der Waals surface area contributed by atoms with Gasteiger partial charge >= 0.3 is 0 Å². The molecule has 2 aliphatic rings. The van der Waals surface area contributed by atoms with Gasteiger partial charge in [0.05, 0.1) is 22.1 Å². The highest BCUT2D eigenvalue weighted by molar-refractivity contribution is 6.12. The summed E-state index contributed by atoms with van der Waals surface area (Å²) in [5, 5.41) is 5.10. The molecule has 2 atom stereocenters. The van der Waals surface area contributed by atoms with E-state index in [2.05, 4.69) is 288 Å².